The fourth-order valence-corrected chi connectivity index (χ4v) is 3.68. The van der Waals surface area contributed by atoms with Gasteiger partial charge in [0.2, 0.25) is 6.79 Å². The van der Waals surface area contributed by atoms with Gasteiger partial charge in [-0.1, -0.05) is 24.3 Å². The van der Waals surface area contributed by atoms with Gasteiger partial charge >= 0.3 is 0 Å². The number of carbonyl (C=O) groups is 1. The molecule has 0 aliphatic carbocycles. The number of aromatic amines is 1. The van der Waals surface area contributed by atoms with Gasteiger partial charge in [0.05, 0.1) is 5.52 Å². The van der Waals surface area contributed by atoms with E-state index in [0.29, 0.717) is 25.6 Å². The zero-order valence-electron chi connectivity index (χ0n) is 14.9. The molecule has 1 N–H and O–H groups in total. The van der Waals surface area contributed by atoms with Crippen LogP contribution in [0.4, 0.5) is 0 Å². The monoisotopic (exact) mass is 364 g/mol. The van der Waals surface area contributed by atoms with Crippen molar-refractivity contribution >= 4 is 16.8 Å². The van der Waals surface area contributed by atoms with Gasteiger partial charge in [0.25, 0.3) is 5.91 Å². The summed E-state index contributed by atoms with van der Waals surface area (Å²) in [7, 11) is 0. The molecule has 0 atom stereocenters. The van der Waals surface area contributed by atoms with Gasteiger partial charge in [-0.2, -0.15) is 5.10 Å². The van der Waals surface area contributed by atoms with E-state index in [9.17, 15) is 4.79 Å². The van der Waals surface area contributed by atoms with Crippen molar-refractivity contribution in [2.45, 2.75) is 6.54 Å². The number of hydrogen-bond donors (Lipinski definition) is 1. The number of rotatable bonds is 3. The number of piperazine rings is 1. The minimum absolute atomic E-state index is 0.00446. The summed E-state index contributed by atoms with van der Waals surface area (Å²) >= 11 is 0. The summed E-state index contributed by atoms with van der Waals surface area (Å²) in [6, 6.07) is 13.8. The Morgan fingerprint density at radius 3 is 2.74 bits per heavy atom. The van der Waals surface area contributed by atoms with Crippen LogP contribution in [-0.4, -0.2) is 58.9 Å². The Bertz CT molecular complexity index is 992. The van der Waals surface area contributed by atoms with Crippen LogP contribution < -0.4 is 9.47 Å². The van der Waals surface area contributed by atoms with E-state index in [4.69, 9.17) is 9.47 Å². The number of carbonyl (C=O) groups excluding carboxylic acids is 1. The molecule has 2 aliphatic heterocycles. The van der Waals surface area contributed by atoms with Gasteiger partial charge < -0.3 is 14.4 Å². The molecule has 5 rings (SSSR count). The minimum Gasteiger partial charge on any atom is -0.454 e. The molecule has 138 valence electrons. The molecule has 0 unspecified atom stereocenters. The normalized spacial score (nSPS) is 16.8. The van der Waals surface area contributed by atoms with Gasteiger partial charge in [0, 0.05) is 38.1 Å². The second-order valence-corrected chi connectivity index (χ2v) is 6.87. The molecular weight excluding hydrogens is 344 g/mol. The van der Waals surface area contributed by atoms with Crippen LogP contribution in [0.2, 0.25) is 0 Å². The SMILES string of the molecule is O=C(c1n[nH]c2ccccc12)N1CCN(Cc2ccc3c(c2)OCO3)CC1. The van der Waals surface area contributed by atoms with Crippen LogP contribution in [0.3, 0.4) is 0 Å². The fourth-order valence-electron chi connectivity index (χ4n) is 3.68. The highest BCUT2D eigenvalue weighted by Gasteiger charge is 2.25. The van der Waals surface area contributed by atoms with Crippen LogP contribution in [0, 0.1) is 0 Å². The van der Waals surface area contributed by atoms with E-state index in [0.717, 1.165) is 42.0 Å². The topological polar surface area (TPSA) is 70.7 Å². The van der Waals surface area contributed by atoms with Crippen molar-refractivity contribution in [1.29, 1.82) is 0 Å². The molecule has 3 heterocycles. The highest BCUT2D eigenvalue weighted by atomic mass is 16.7. The van der Waals surface area contributed by atoms with Crippen LogP contribution >= 0.6 is 0 Å². The number of fused-ring (bicyclic) bond motifs is 2. The van der Waals surface area contributed by atoms with E-state index >= 15 is 0 Å². The summed E-state index contributed by atoms with van der Waals surface area (Å²) in [4.78, 5) is 17.1. The molecule has 3 aromatic rings. The molecule has 27 heavy (non-hydrogen) atoms. The minimum atomic E-state index is -0.00446. The lowest BCUT2D eigenvalue weighted by Gasteiger charge is -2.34. The second kappa shape index (κ2) is 6.59. The van der Waals surface area contributed by atoms with Gasteiger partial charge in [-0.25, -0.2) is 0 Å². The second-order valence-electron chi connectivity index (χ2n) is 6.87. The molecule has 1 amide bonds. The smallest absolute Gasteiger partial charge is 0.275 e. The van der Waals surface area contributed by atoms with Crippen LogP contribution in [0.15, 0.2) is 42.5 Å². The highest BCUT2D eigenvalue weighted by Crippen LogP contribution is 2.32. The first kappa shape index (κ1) is 16.1. The maximum absolute atomic E-state index is 12.9. The number of benzene rings is 2. The lowest BCUT2D eigenvalue weighted by molar-refractivity contribution is 0.0624. The molecule has 7 heteroatoms. The first-order valence-electron chi connectivity index (χ1n) is 9.11. The summed E-state index contributed by atoms with van der Waals surface area (Å²) in [6.45, 7) is 4.20. The molecule has 0 spiro atoms. The molecule has 1 saturated heterocycles. The fraction of sp³-hybridized carbons (Fsp3) is 0.300. The van der Waals surface area contributed by atoms with Crippen molar-refractivity contribution in [2.24, 2.45) is 0 Å². The third-order valence-corrected chi connectivity index (χ3v) is 5.18. The van der Waals surface area contributed by atoms with Crippen molar-refractivity contribution in [2.75, 3.05) is 33.0 Å². The standard InChI is InChI=1S/C20H20N4O3/c25-20(19-15-3-1-2-4-16(15)21-22-19)24-9-7-23(8-10-24)12-14-5-6-17-18(11-14)27-13-26-17/h1-6,11H,7-10,12-13H2,(H,21,22). The van der Waals surface area contributed by atoms with Gasteiger partial charge in [-0.3, -0.25) is 14.8 Å². The van der Waals surface area contributed by atoms with Crippen molar-refractivity contribution in [1.82, 2.24) is 20.0 Å². The molecular formula is C20H20N4O3. The summed E-state index contributed by atoms with van der Waals surface area (Å²) in [5.74, 6) is 1.61. The van der Waals surface area contributed by atoms with Crippen molar-refractivity contribution < 1.29 is 14.3 Å². The maximum atomic E-state index is 12.9. The Morgan fingerprint density at radius 2 is 1.85 bits per heavy atom. The highest BCUT2D eigenvalue weighted by molar-refractivity contribution is 6.04. The lowest BCUT2D eigenvalue weighted by Crippen LogP contribution is -2.48. The van der Waals surface area contributed by atoms with Crippen molar-refractivity contribution in [3.8, 4) is 11.5 Å². The van der Waals surface area contributed by atoms with E-state index in [1.165, 1.54) is 5.56 Å². The predicted octanol–water partition coefficient (Wildman–Crippen LogP) is 2.25. The quantitative estimate of drug-likeness (QED) is 0.772. The first-order valence-corrected chi connectivity index (χ1v) is 9.11. The summed E-state index contributed by atoms with van der Waals surface area (Å²) in [5.41, 5.74) is 2.59. The average molecular weight is 364 g/mol. The summed E-state index contributed by atoms with van der Waals surface area (Å²) < 4.78 is 10.8. The summed E-state index contributed by atoms with van der Waals surface area (Å²) in [6.07, 6.45) is 0. The number of H-pyrrole nitrogens is 1. The number of nitrogens with zero attached hydrogens (tertiary/aromatic N) is 3. The van der Waals surface area contributed by atoms with Crippen LogP contribution in [0.5, 0.6) is 11.5 Å². The zero-order chi connectivity index (χ0) is 18.2. The van der Waals surface area contributed by atoms with E-state index in [-0.39, 0.29) is 5.91 Å². The van der Waals surface area contributed by atoms with Gasteiger partial charge in [0.1, 0.15) is 0 Å². The first-order chi connectivity index (χ1) is 13.3. The zero-order valence-corrected chi connectivity index (χ0v) is 14.9. The molecule has 0 saturated carbocycles. The Kier molecular flexibility index (Phi) is 3.94. The van der Waals surface area contributed by atoms with Crippen LogP contribution in [-0.2, 0) is 6.54 Å². The van der Waals surface area contributed by atoms with Gasteiger partial charge in [0.15, 0.2) is 17.2 Å². The Hall–Kier alpha value is -3.06. The Morgan fingerprint density at radius 1 is 1.04 bits per heavy atom. The molecule has 7 nitrogen and oxygen atoms in total. The molecule has 0 radical (unpaired) electrons. The number of ether oxygens (including phenoxy) is 2. The third kappa shape index (κ3) is 3.00. The van der Waals surface area contributed by atoms with Crippen molar-refractivity contribution in [3.63, 3.8) is 0 Å². The van der Waals surface area contributed by atoms with E-state index in [1.54, 1.807) is 0 Å². The van der Waals surface area contributed by atoms with Gasteiger partial charge in [-0.15, -0.1) is 0 Å². The largest absolute Gasteiger partial charge is 0.454 e. The number of amides is 1. The third-order valence-electron chi connectivity index (χ3n) is 5.18. The van der Waals surface area contributed by atoms with E-state index in [1.807, 2.05) is 41.3 Å². The van der Waals surface area contributed by atoms with E-state index in [2.05, 4.69) is 21.2 Å². The lowest BCUT2D eigenvalue weighted by atomic mass is 10.1. The maximum Gasteiger partial charge on any atom is 0.275 e. The predicted molar refractivity (Wildman–Crippen MR) is 99.8 cm³/mol. The van der Waals surface area contributed by atoms with Crippen molar-refractivity contribution in [3.05, 3.63) is 53.7 Å². The number of aromatic nitrogens is 2. The van der Waals surface area contributed by atoms with E-state index < -0.39 is 0 Å². The van der Waals surface area contributed by atoms with Gasteiger partial charge in [-0.05, 0) is 23.8 Å². The number of para-hydroxylation sites is 1. The molecule has 1 aromatic heterocycles. The number of hydrogen-bond acceptors (Lipinski definition) is 5. The Balaban J connectivity index is 1.23. The number of nitrogens with one attached hydrogen (secondary N) is 1. The van der Waals surface area contributed by atoms with Crippen LogP contribution in [0.25, 0.3) is 10.9 Å². The average Bonchev–Trinajstić information content (AvgIpc) is 3.34. The summed E-state index contributed by atoms with van der Waals surface area (Å²) in [5, 5.41) is 8.05. The molecule has 0 bridgehead atoms. The van der Waals surface area contributed by atoms with Crippen LogP contribution in [0.1, 0.15) is 16.1 Å². The Labute approximate surface area is 156 Å². The molecule has 2 aromatic carbocycles. The molecule has 1 fully saturated rings. The molecule has 2 aliphatic rings.